The molecule has 2 aliphatic rings. The molecule has 1 heteroatoms. The molecule has 2 heterocycles. The van der Waals surface area contributed by atoms with Gasteiger partial charge in [0.25, 0.3) is 0 Å². The van der Waals surface area contributed by atoms with Crippen molar-refractivity contribution in [3.63, 3.8) is 0 Å². The van der Waals surface area contributed by atoms with Gasteiger partial charge in [0.2, 0.25) is 0 Å². The fraction of sp³-hybridized carbons (Fsp3) is 0.778. The van der Waals surface area contributed by atoms with E-state index in [-0.39, 0.29) is 0 Å². The van der Waals surface area contributed by atoms with E-state index in [0.717, 1.165) is 12.0 Å². The Labute approximate surface area is 62.5 Å². The molecule has 0 aromatic rings. The molecule has 0 amide bonds. The molecule has 10 heavy (non-hydrogen) atoms. The highest BCUT2D eigenvalue weighted by Crippen LogP contribution is 2.20. The molecule has 1 fully saturated rings. The summed E-state index contributed by atoms with van der Waals surface area (Å²) in [6, 6.07) is 0.795. The molecule has 0 aliphatic carbocycles. The zero-order valence-electron chi connectivity index (χ0n) is 6.34. The van der Waals surface area contributed by atoms with Crippen molar-refractivity contribution in [2.75, 3.05) is 6.54 Å². The van der Waals surface area contributed by atoms with Crippen molar-refractivity contribution in [2.24, 2.45) is 5.92 Å². The van der Waals surface area contributed by atoms with Gasteiger partial charge in [0.05, 0.1) is 0 Å². The highest BCUT2D eigenvalue weighted by Gasteiger charge is 2.17. The van der Waals surface area contributed by atoms with Gasteiger partial charge in [-0.1, -0.05) is 18.6 Å². The van der Waals surface area contributed by atoms with Crippen LogP contribution in [0.3, 0.4) is 0 Å². The van der Waals surface area contributed by atoms with Crippen molar-refractivity contribution in [1.29, 1.82) is 0 Å². The maximum atomic E-state index is 3.58. The fourth-order valence-corrected chi connectivity index (χ4v) is 1.95. The Bertz CT molecular complexity index is 140. The highest BCUT2D eigenvalue weighted by atomic mass is 14.9. The lowest BCUT2D eigenvalue weighted by Gasteiger charge is -2.10. The lowest BCUT2D eigenvalue weighted by atomic mass is 9.98. The Kier molecular flexibility index (Phi) is 1.76. The number of nitrogens with one attached hydrogen (secondary N) is 1. The van der Waals surface area contributed by atoms with Crippen LogP contribution >= 0.6 is 0 Å². The van der Waals surface area contributed by atoms with Crippen LogP contribution in [0.15, 0.2) is 12.2 Å². The number of hydrogen-bond donors (Lipinski definition) is 1. The molecule has 2 aliphatic heterocycles. The van der Waals surface area contributed by atoms with Gasteiger partial charge in [0, 0.05) is 12.6 Å². The van der Waals surface area contributed by atoms with Gasteiger partial charge in [0.1, 0.15) is 0 Å². The summed E-state index contributed by atoms with van der Waals surface area (Å²) in [6.07, 6.45) is 10.2. The van der Waals surface area contributed by atoms with Crippen LogP contribution in [0.1, 0.15) is 25.7 Å². The Morgan fingerprint density at radius 2 is 2.30 bits per heavy atom. The first kappa shape index (κ1) is 6.41. The summed E-state index contributed by atoms with van der Waals surface area (Å²) < 4.78 is 0. The first-order chi connectivity index (χ1) is 4.95. The third kappa shape index (κ3) is 1.24. The van der Waals surface area contributed by atoms with Gasteiger partial charge in [0.15, 0.2) is 0 Å². The van der Waals surface area contributed by atoms with Gasteiger partial charge in [-0.3, -0.25) is 0 Å². The summed E-state index contributed by atoms with van der Waals surface area (Å²) >= 11 is 0. The second kappa shape index (κ2) is 2.75. The molecular formula is C9H15N. The molecule has 0 saturated carbocycles. The maximum absolute atomic E-state index is 3.58. The summed E-state index contributed by atoms with van der Waals surface area (Å²) in [6.45, 7) is 1.22. The quantitative estimate of drug-likeness (QED) is 0.501. The fourth-order valence-electron chi connectivity index (χ4n) is 1.95. The third-order valence-corrected chi connectivity index (χ3v) is 2.63. The average molecular weight is 137 g/mol. The standard InChI is InChI=1S/C9H15N/c1-3-8-4-2-6-9(5-1)10-7-8/h1,3,8-10H,2,4-7H2. The molecule has 1 nitrogen and oxygen atoms in total. The van der Waals surface area contributed by atoms with Crippen molar-refractivity contribution in [3.8, 4) is 0 Å². The van der Waals surface area contributed by atoms with E-state index in [4.69, 9.17) is 0 Å². The van der Waals surface area contributed by atoms with E-state index in [9.17, 15) is 0 Å². The monoisotopic (exact) mass is 137 g/mol. The first-order valence-electron chi connectivity index (χ1n) is 4.35. The summed E-state index contributed by atoms with van der Waals surface area (Å²) in [7, 11) is 0. The van der Waals surface area contributed by atoms with E-state index in [1.165, 1.54) is 32.2 Å². The van der Waals surface area contributed by atoms with Crippen LogP contribution in [0.4, 0.5) is 0 Å². The van der Waals surface area contributed by atoms with Gasteiger partial charge in [-0.15, -0.1) is 0 Å². The maximum Gasteiger partial charge on any atom is 0.0102 e. The second-order valence-corrected chi connectivity index (χ2v) is 3.46. The van der Waals surface area contributed by atoms with Crippen molar-refractivity contribution in [1.82, 2.24) is 5.32 Å². The Morgan fingerprint density at radius 3 is 3.30 bits per heavy atom. The summed E-state index contributed by atoms with van der Waals surface area (Å²) in [5, 5.41) is 3.58. The normalized spacial score (nSPS) is 39.2. The van der Waals surface area contributed by atoms with Gasteiger partial charge >= 0.3 is 0 Å². The second-order valence-electron chi connectivity index (χ2n) is 3.46. The molecule has 2 bridgehead atoms. The Balaban J connectivity index is 2.11. The molecule has 2 rings (SSSR count). The molecule has 0 aromatic carbocycles. The van der Waals surface area contributed by atoms with Gasteiger partial charge in [-0.25, -0.2) is 0 Å². The van der Waals surface area contributed by atoms with Crippen LogP contribution < -0.4 is 5.32 Å². The molecule has 56 valence electrons. The van der Waals surface area contributed by atoms with Crippen LogP contribution in [-0.2, 0) is 0 Å². The van der Waals surface area contributed by atoms with Crippen LogP contribution in [0, 0.1) is 5.92 Å². The van der Waals surface area contributed by atoms with Crippen LogP contribution in [0.5, 0.6) is 0 Å². The van der Waals surface area contributed by atoms with Crippen LogP contribution in [-0.4, -0.2) is 12.6 Å². The van der Waals surface area contributed by atoms with Crippen molar-refractivity contribution >= 4 is 0 Å². The smallest absolute Gasteiger partial charge is 0.0102 e. The number of hydrogen-bond acceptors (Lipinski definition) is 1. The first-order valence-corrected chi connectivity index (χ1v) is 4.35. The molecule has 0 radical (unpaired) electrons. The Hall–Kier alpha value is -0.300. The molecule has 0 spiro atoms. The van der Waals surface area contributed by atoms with E-state index >= 15 is 0 Å². The zero-order valence-corrected chi connectivity index (χ0v) is 6.34. The summed E-state index contributed by atoms with van der Waals surface area (Å²) in [4.78, 5) is 0. The summed E-state index contributed by atoms with van der Waals surface area (Å²) in [5.41, 5.74) is 0. The number of fused-ring (bicyclic) bond motifs is 3. The highest BCUT2D eigenvalue weighted by molar-refractivity contribution is 4.98. The van der Waals surface area contributed by atoms with Crippen molar-refractivity contribution in [2.45, 2.75) is 31.7 Å². The van der Waals surface area contributed by atoms with Crippen molar-refractivity contribution in [3.05, 3.63) is 12.2 Å². The largest absolute Gasteiger partial charge is 0.313 e. The summed E-state index contributed by atoms with van der Waals surface area (Å²) in [5.74, 6) is 0.840. The SMILES string of the molecule is C1=CC2CCCC(C1)NC2. The number of rotatable bonds is 0. The van der Waals surface area contributed by atoms with Crippen LogP contribution in [0.25, 0.3) is 0 Å². The minimum atomic E-state index is 0.795. The molecule has 2 unspecified atom stereocenters. The predicted octanol–water partition coefficient (Wildman–Crippen LogP) is 1.70. The van der Waals surface area contributed by atoms with Gasteiger partial charge in [-0.2, -0.15) is 0 Å². The van der Waals surface area contributed by atoms with Crippen molar-refractivity contribution < 1.29 is 0 Å². The van der Waals surface area contributed by atoms with E-state index in [2.05, 4.69) is 17.5 Å². The molecular weight excluding hydrogens is 122 g/mol. The lowest BCUT2D eigenvalue weighted by Crippen LogP contribution is -2.28. The topological polar surface area (TPSA) is 12.0 Å². The lowest BCUT2D eigenvalue weighted by molar-refractivity contribution is 0.516. The minimum absolute atomic E-state index is 0.795. The minimum Gasteiger partial charge on any atom is -0.313 e. The zero-order chi connectivity index (χ0) is 6.81. The molecule has 0 aromatic heterocycles. The van der Waals surface area contributed by atoms with E-state index in [0.29, 0.717) is 0 Å². The average Bonchev–Trinajstić information content (AvgIpc) is 2.17. The van der Waals surface area contributed by atoms with E-state index in [1.807, 2.05) is 0 Å². The van der Waals surface area contributed by atoms with Gasteiger partial charge in [-0.05, 0) is 25.2 Å². The Morgan fingerprint density at radius 1 is 1.30 bits per heavy atom. The van der Waals surface area contributed by atoms with E-state index < -0.39 is 0 Å². The molecule has 1 N–H and O–H groups in total. The molecule has 2 atom stereocenters. The molecule has 1 saturated heterocycles. The third-order valence-electron chi connectivity index (χ3n) is 2.63. The van der Waals surface area contributed by atoms with Gasteiger partial charge < -0.3 is 5.32 Å². The van der Waals surface area contributed by atoms with E-state index in [1.54, 1.807) is 0 Å². The van der Waals surface area contributed by atoms with Crippen LogP contribution in [0.2, 0.25) is 0 Å². The predicted molar refractivity (Wildman–Crippen MR) is 42.9 cm³/mol.